The van der Waals surface area contributed by atoms with E-state index in [0.717, 1.165) is 11.8 Å². The zero-order valence-electron chi connectivity index (χ0n) is 16.2. The van der Waals surface area contributed by atoms with Gasteiger partial charge in [0.05, 0.1) is 19.0 Å². The minimum atomic E-state index is -3.58. The molecule has 0 amide bonds. The highest BCUT2D eigenvalue weighted by Gasteiger charge is 2.23. The summed E-state index contributed by atoms with van der Waals surface area (Å²) in [5, 5.41) is 2.36. The van der Waals surface area contributed by atoms with Crippen LogP contribution in [0.5, 0.6) is 0 Å². The van der Waals surface area contributed by atoms with Gasteiger partial charge >= 0.3 is 0 Å². The molecule has 3 aromatic rings. The van der Waals surface area contributed by atoms with Crippen LogP contribution in [0.3, 0.4) is 0 Å². The lowest BCUT2D eigenvalue weighted by Gasteiger charge is -2.24. The Labute approximate surface area is 167 Å². The Kier molecular flexibility index (Phi) is 6.83. The molecule has 0 unspecified atom stereocenters. The fraction of sp³-hybridized carbons (Fsp3) is 0.304. The van der Waals surface area contributed by atoms with Crippen LogP contribution in [0.25, 0.3) is 10.8 Å². The average molecular weight is 399 g/mol. The molecule has 148 valence electrons. The Morgan fingerprint density at radius 3 is 2.32 bits per heavy atom. The molecule has 0 aliphatic rings. The molecule has 0 heterocycles. The number of hydrogen-bond acceptors (Lipinski definition) is 4. The topological polar surface area (TPSA) is 52.6 Å². The Hall–Kier alpha value is -2.21. The molecule has 0 saturated carbocycles. The number of benzene rings is 3. The Balaban J connectivity index is 1.70. The van der Waals surface area contributed by atoms with Crippen molar-refractivity contribution in [2.45, 2.75) is 38.6 Å². The van der Waals surface area contributed by atoms with E-state index in [4.69, 9.17) is 8.92 Å². The molecule has 5 heteroatoms. The zero-order chi connectivity index (χ0) is 20.0. The second-order valence-corrected chi connectivity index (χ2v) is 8.62. The molecule has 0 fully saturated rings. The summed E-state index contributed by atoms with van der Waals surface area (Å²) in [6.45, 7) is 2.28. The fourth-order valence-electron chi connectivity index (χ4n) is 3.30. The molecule has 3 rings (SSSR count). The van der Waals surface area contributed by atoms with E-state index in [9.17, 15) is 8.42 Å². The van der Waals surface area contributed by atoms with Crippen molar-refractivity contribution in [3.8, 4) is 0 Å². The van der Waals surface area contributed by atoms with Crippen LogP contribution >= 0.6 is 0 Å². The smallest absolute Gasteiger partial charge is 0.264 e. The van der Waals surface area contributed by atoms with Crippen LogP contribution in [-0.4, -0.2) is 26.9 Å². The summed E-state index contributed by atoms with van der Waals surface area (Å²) in [6, 6.07) is 24.2. The van der Waals surface area contributed by atoms with Gasteiger partial charge in [0.25, 0.3) is 10.1 Å². The van der Waals surface area contributed by atoms with E-state index in [-0.39, 0.29) is 6.10 Å². The highest BCUT2D eigenvalue weighted by atomic mass is 32.2. The van der Waals surface area contributed by atoms with Crippen LogP contribution in [0.4, 0.5) is 0 Å². The second kappa shape index (κ2) is 9.32. The van der Waals surface area contributed by atoms with Crippen molar-refractivity contribution in [2.24, 2.45) is 0 Å². The number of rotatable bonds is 9. The first kappa shape index (κ1) is 20.5. The summed E-state index contributed by atoms with van der Waals surface area (Å²) in [7, 11) is -3.58. The number of hydrogen-bond donors (Lipinski definition) is 0. The van der Waals surface area contributed by atoms with Crippen LogP contribution in [0.15, 0.2) is 72.8 Å². The Morgan fingerprint density at radius 1 is 0.893 bits per heavy atom. The van der Waals surface area contributed by atoms with Gasteiger partial charge in [-0.25, -0.2) is 0 Å². The monoisotopic (exact) mass is 398 g/mol. The zero-order valence-corrected chi connectivity index (χ0v) is 17.1. The molecule has 0 aliphatic heterocycles. The predicted octanol–water partition coefficient (Wildman–Crippen LogP) is 4.72. The largest absolute Gasteiger partial charge is 0.371 e. The third-order valence-electron chi connectivity index (χ3n) is 4.76. The van der Waals surface area contributed by atoms with Crippen molar-refractivity contribution in [2.75, 3.05) is 6.26 Å². The van der Waals surface area contributed by atoms with Gasteiger partial charge < -0.3 is 4.74 Å². The highest BCUT2D eigenvalue weighted by Crippen LogP contribution is 2.22. The van der Waals surface area contributed by atoms with E-state index < -0.39 is 16.2 Å². The molecule has 0 radical (unpaired) electrons. The first-order valence-corrected chi connectivity index (χ1v) is 11.2. The summed E-state index contributed by atoms with van der Waals surface area (Å²) in [6.07, 6.45) is 1.45. The molecule has 28 heavy (non-hydrogen) atoms. The summed E-state index contributed by atoms with van der Waals surface area (Å²) in [5.74, 6) is 0. The summed E-state index contributed by atoms with van der Waals surface area (Å²) >= 11 is 0. The summed E-state index contributed by atoms with van der Waals surface area (Å²) in [5.41, 5.74) is 2.22. The molecule has 0 aliphatic carbocycles. The van der Waals surface area contributed by atoms with Crippen LogP contribution in [0.1, 0.15) is 24.5 Å². The molecule has 0 bridgehead atoms. The van der Waals surface area contributed by atoms with Gasteiger partial charge in [0.1, 0.15) is 6.10 Å². The van der Waals surface area contributed by atoms with Gasteiger partial charge in [-0.1, -0.05) is 72.8 Å². The van der Waals surface area contributed by atoms with Crippen LogP contribution < -0.4 is 0 Å². The van der Waals surface area contributed by atoms with Gasteiger partial charge in [-0.2, -0.15) is 8.42 Å². The molecule has 2 atom stereocenters. The van der Waals surface area contributed by atoms with Gasteiger partial charge in [-0.3, -0.25) is 4.18 Å². The van der Waals surface area contributed by atoms with Crippen LogP contribution in [0.2, 0.25) is 0 Å². The van der Waals surface area contributed by atoms with E-state index in [0.29, 0.717) is 19.4 Å². The Bertz CT molecular complexity index is 994. The first-order valence-electron chi connectivity index (χ1n) is 9.43. The minimum absolute atomic E-state index is 0.357. The molecule has 3 aromatic carbocycles. The van der Waals surface area contributed by atoms with Gasteiger partial charge in [0, 0.05) is 0 Å². The summed E-state index contributed by atoms with van der Waals surface area (Å²) < 4.78 is 34.8. The first-order chi connectivity index (χ1) is 13.4. The van der Waals surface area contributed by atoms with Crippen molar-refractivity contribution >= 4 is 20.9 Å². The SMILES string of the molecule is C[C@H](OCc1ccccc1)[C@H](CCc1cccc2ccccc12)OS(C)(=O)=O. The lowest BCUT2D eigenvalue weighted by Crippen LogP contribution is -2.31. The van der Waals surface area contributed by atoms with Crippen LogP contribution in [-0.2, 0) is 32.1 Å². The Morgan fingerprint density at radius 2 is 1.57 bits per heavy atom. The maximum atomic E-state index is 11.8. The molecular weight excluding hydrogens is 372 g/mol. The van der Waals surface area contributed by atoms with Crippen molar-refractivity contribution in [1.29, 1.82) is 0 Å². The standard InChI is InChI=1S/C23H26O4S/c1-18(26-17-19-9-4-3-5-10-19)23(27-28(2,24)25)16-15-21-13-8-12-20-11-6-7-14-22(20)21/h3-14,18,23H,15-17H2,1-2H3/t18-,23-/m0/s1. The van der Waals surface area contributed by atoms with Gasteiger partial charge in [0.15, 0.2) is 0 Å². The fourth-order valence-corrected chi connectivity index (χ4v) is 4.00. The third kappa shape index (κ3) is 5.89. The normalized spacial score (nSPS) is 14.1. The number of ether oxygens (including phenoxy) is 1. The van der Waals surface area contributed by atoms with Crippen molar-refractivity contribution in [3.05, 3.63) is 83.9 Å². The third-order valence-corrected chi connectivity index (χ3v) is 5.35. The molecule has 0 spiro atoms. The van der Waals surface area contributed by atoms with E-state index >= 15 is 0 Å². The van der Waals surface area contributed by atoms with Crippen molar-refractivity contribution in [1.82, 2.24) is 0 Å². The molecular formula is C23H26O4S. The number of aryl methyl sites for hydroxylation is 1. The van der Waals surface area contributed by atoms with Gasteiger partial charge in [-0.15, -0.1) is 0 Å². The highest BCUT2D eigenvalue weighted by molar-refractivity contribution is 7.86. The van der Waals surface area contributed by atoms with E-state index in [1.165, 1.54) is 16.3 Å². The predicted molar refractivity (Wildman–Crippen MR) is 113 cm³/mol. The molecule has 4 nitrogen and oxygen atoms in total. The quantitative estimate of drug-likeness (QED) is 0.489. The molecule has 0 N–H and O–H groups in total. The second-order valence-electron chi connectivity index (χ2n) is 7.02. The summed E-state index contributed by atoms with van der Waals surface area (Å²) in [4.78, 5) is 0. The van der Waals surface area contributed by atoms with Crippen molar-refractivity contribution < 1.29 is 17.3 Å². The lowest BCUT2D eigenvalue weighted by atomic mass is 9.98. The maximum Gasteiger partial charge on any atom is 0.264 e. The average Bonchev–Trinajstić information content (AvgIpc) is 2.69. The molecule has 0 saturated heterocycles. The number of fused-ring (bicyclic) bond motifs is 1. The van der Waals surface area contributed by atoms with E-state index in [2.05, 4.69) is 24.3 Å². The lowest BCUT2D eigenvalue weighted by molar-refractivity contribution is -0.0238. The van der Waals surface area contributed by atoms with E-state index in [1.807, 2.05) is 55.5 Å². The van der Waals surface area contributed by atoms with Crippen molar-refractivity contribution in [3.63, 3.8) is 0 Å². The molecule has 0 aromatic heterocycles. The van der Waals surface area contributed by atoms with E-state index in [1.54, 1.807) is 0 Å². The van der Waals surface area contributed by atoms with Gasteiger partial charge in [0.2, 0.25) is 0 Å². The maximum absolute atomic E-state index is 11.8. The van der Waals surface area contributed by atoms with Crippen LogP contribution in [0, 0.1) is 0 Å². The van der Waals surface area contributed by atoms with Gasteiger partial charge in [-0.05, 0) is 41.7 Å². The minimum Gasteiger partial charge on any atom is -0.371 e.